The van der Waals surface area contributed by atoms with Crippen molar-refractivity contribution < 1.29 is 14.7 Å². The molecule has 152 valence electrons. The van der Waals surface area contributed by atoms with E-state index in [2.05, 4.69) is 9.88 Å². The SMILES string of the molecule is O=C(CN1CCCC1)N1CCC2(CC1)CC(O)CN(C(=O)c1cccnc1)C2. The lowest BCUT2D eigenvalue weighted by molar-refractivity contribution is -0.135. The van der Waals surface area contributed by atoms with E-state index in [1.807, 2.05) is 4.90 Å². The van der Waals surface area contributed by atoms with Gasteiger partial charge < -0.3 is 14.9 Å². The highest BCUT2D eigenvalue weighted by Gasteiger charge is 2.43. The zero-order valence-electron chi connectivity index (χ0n) is 16.4. The summed E-state index contributed by atoms with van der Waals surface area (Å²) in [7, 11) is 0. The Bertz CT molecular complexity index is 697. The monoisotopic (exact) mass is 386 g/mol. The minimum Gasteiger partial charge on any atom is -0.391 e. The highest BCUT2D eigenvalue weighted by atomic mass is 16.3. The summed E-state index contributed by atoms with van der Waals surface area (Å²) >= 11 is 0. The number of aliphatic hydroxyl groups is 1. The van der Waals surface area contributed by atoms with Crippen LogP contribution in [0.5, 0.6) is 0 Å². The molecule has 1 aromatic rings. The first kappa shape index (κ1) is 19.3. The second-order valence-corrected chi connectivity index (χ2v) is 8.65. The van der Waals surface area contributed by atoms with Crippen molar-refractivity contribution >= 4 is 11.8 Å². The normalized spacial score (nSPS) is 25.2. The number of amides is 2. The molecule has 4 heterocycles. The summed E-state index contributed by atoms with van der Waals surface area (Å²) in [5, 5.41) is 10.5. The third-order valence-corrected chi connectivity index (χ3v) is 6.56. The highest BCUT2D eigenvalue weighted by molar-refractivity contribution is 5.94. The van der Waals surface area contributed by atoms with Gasteiger partial charge in [-0.1, -0.05) is 0 Å². The smallest absolute Gasteiger partial charge is 0.255 e. The van der Waals surface area contributed by atoms with Crippen LogP contribution in [0, 0.1) is 5.41 Å². The number of likely N-dealkylation sites (tertiary alicyclic amines) is 3. The van der Waals surface area contributed by atoms with Gasteiger partial charge in [-0.3, -0.25) is 19.5 Å². The van der Waals surface area contributed by atoms with Crippen LogP contribution in [0.2, 0.25) is 0 Å². The van der Waals surface area contributed by atoms with Gasteiger partial charge in [0.05, 0.1) is 18.2 Å². The molecule has 28 heavy (non-hydrogen) atoms. The molecule has 0 bridgehead atoms. The maximum Gasteiger partial charge on any atom is 0.255 e. The molecule has 3 aliphatic rings. The third kappa shape index (κ3) is 4.20. The van der Waals surface area contributed by atoms with Crippen LogP contribution < -0.4 is 0 Å². The molecule has 0 radical (unpaired) electrons. The number of nitrogens with zero attached hydrogens (tertiary/aromatic N) is 4. The van der Waals surface area contributed by atoms with Crippen molar-refractivity contribution in [2.75, 3.05) is 45.8 Å². The van der Waals surface area contributed by atoms with Crippen molar-refractivity contribution in [3.63, 3.8) is 0 Å². The van der Waals surface area contributed by atoms with E-state index < -0.39 is 6.10 Å². The minimum atomic E-state index is -0.513. The molecule has 3 fully saturated rings. The van der Waals surface area contributed by atoms with Crippen LogP contribution in [0.15, 0.2) is 24.5 Å². The average Bonchev–Trinajstić information content (AvgIpc) is 3.21. The zero-order chi connectivity index (χ0) is 19.6. The maximum absolute atomic E-state index is 12.8. The van der Waals surface area contributed by atoms with Crippen LogP contribution in [-0.2, 0) is 4.79 Å². The number of carbonyl (C=O) groups is 2. The lowest BCUT2D eigenvalue weighted by Gasteiger charge is -2.49. The van der Waals surface area contributed by atoms with E-state index in [0.717, 1.165) is 25.9 Å². The molecular formula is C21H30N4O3. The summed E-state index contributed by atoms with van der Waals surface area (Å²) in [5.41, 5.74) is 0.463. The van der Waals surface area contributed by atoms with Crippen LogP contribution in [0.1, 0.15) is 42.5 Å². The lowest BCUT2D eigenvalue weighted by atomic mass is 9.71. The Balaban J connectivity index is 1.37. The Kier molecular flexibility index (Phi) is 5.64. The van der Waals surface area contributed by atoms with Crippen LogP contribution in [0.25, 0.3) is 0 Å². The second kappa shape index (κ2) is 8.17. The first-order chi connectivity index (χ1) is 13.5. The number of aromatic nitrogens is 1. The van der Waals surface area contributed by atoms with Crippen molar-refractivity contribution in [1.82, 2.24) is 19.7 Å². The number of rotatable bonds is 3. The summed E-state index contributed by atoms with van der Waals surface area (Å²) in [5.74, 6) is 0.148. The number of β-amino-alcohol motifs (C(OH)–C–C–N with tert-alkyl or cyclic N) is 1. The topological polar surface area (TPSA) is 77.0 Å². The molecule has 4 rings (SSSR count). The van der Waals surface area contributed by atoms with Gasteiger partial charge in [0.1, 0.15) is 0 Å². The molecule has 3 aliphatic heterocycles. The van der Waals surface area contributed by atoms with Crippen molar-refractivity contribution in [3.05, 3.63) is 30.1 Å². The van der Waals surface area contributed by atoms with E-state index in [1.54, 1.807) is 29.4 Å². The largest absolute Gasteiger partial charge is 0.391 e. The van der Waals surface area contributed by atoms with E-state index in [9.17, 15) is 14.7 Å². The van der Waals surface area contributed by atoms with Gasteiger partial charge in [0, 0.05) is 38.6 Å². The lowest BCUT2D eigenvalue weighted by Crippen LogP contribution is -2.56. The van der Waals surface area contributed by atoms with Crippen molar-refractivity contribution in [3.8, 4) is 0 Å². The number of hydrogen-bond donors (Lipinski definition) is 1. The molecule has 1 spiro atoms. The van der Waals surface area contributed by atoms with Gasteiger partial charge in [-0.2, -0.15) is 0 Å². The van der Waals surface area contributed by atoms with E-state index in [0.29, 0.717) is 44.7 Å². The predicted octanol–water partition coefficient (Wildman–Crippen LogP) is 0.993. The first-order valence-corrected chi connectivity index (χ1v) is 10.4. The van der Waals surface area contributed by atoms with Crippen molar-refractivity contribution in [2.45, 2.75) is 38.2 Å². The molecular weight excluding hydrogens is 356 g/mol. The van der Waals surface area contributed by atoms with E-state index >= 15 is 0 Å². The summed E-state index contributed by atoms with van der Waals surface area (Å²) in [6.07, 6.45) is 7.48. The van der Waals surface area contributed by atoms with Gasteiger partial charge in [0.25, 0.3) is 5.91 Å². The van der Waals surface area contributed by atoms with Crippen molar-refractivity contribution in [2.24, 2.45) is 5.41 Å². The highest BCUT2D eigenvalue weighted by Crippen LogP contribution is 2.40. The van der Waals surface area contributed by atoms with E-state index in [1.165, 1.54) is 12.8 Å². The van der Waals surface area contributed by atoms with Gasteiger partial charge in [-0.05, 0) is 62.7 Å². The molecule has 0 aromatic carbocycles. The molecule has 1 aromatic heterocycles. The van der Waals surface area contributed by atoms with E-state index in [4.69, 9.17) is 0 Å². The molecule has 7 nitrogen and oxygen atoms in total. The molecule has 2 amide bonds. The second-order valence-electron chi connectivity index (χ2n) is 8.65. The van der Waals surface area contributed by atoms with Gasteiger partial charge in [0.15, 0.2) is 0 Å². The average molecular weight is 386 g/mol. The molecule has 1 N–H and O–H groups in total. The molecule has 0 aliphatic carbocycles. The number of pyridine rings is 1. The first-order valence-electron chi connectivity index (χ1n) is 10.4. The Labute approximate surface area is 166 Å². The van der Waals surface area contributed by atoms with Crippen LogP contribution in [-0.4, -0.2) is 88.5 Å². The summed E-state index contributed by atoms with van der Waals surface area (Å²) in [6.45, 7) is 5.03. The Morgan fingerprint density at radius 2 is 1.89 bits per heavy atom. The molecule has 0 saturated carbocycles. The van der Waals surface area contributed by atoms with Crippen LogP contribution >= 0.6 is 0 Å². The molecule has 1 unspecified atom stereocenters. The van der Waals surface area contributed by atoms with E-state index in [-0.39, 0.29) is 17.2 Å². The predicted molar refractivity (Wildman–Crippen MR) is 105 cm³/mol. The molecule has 3 saturated heterocycles. The summed E-state index contributed by atoms with van der Waals surface area (Å²) in [4.78, 5) is 35.5. The fourth-order valence-electron chi connectivity index (χ4n) is 5.00. The number of hydrogen-bond acceptors (Lipinski definition) is 5. The standard InChI is InChI=1S/C21H30N4O3/c26-18-12-21(16-25(14-18)20(28)17-4-3-7-22-13-17)5-10-24(11-6-21)19(27)15-23-8-1-2-9-23/h3-4,7,13,18,26H,1-2,5-6,8-12,14-16H2. The number of piperidine rings is 2. The number of aliphatic hydroxyl groups excluding tert-OH is 1. The quantitative estimate of drug-likeness (QED) is 0.838. The number of carbonyl (C=O) groups excluding carboxylic acids is 2. The molecule has 7 heteroatoms. The Morgan fingerprint density at radius 1 is 1.14 bits per heavy atom. The zero-order valence-corrected chi connectivity index (χ0v) is 16.4. The molecule has 1 atom stereocenters. The Morgan fingerprint density at radius 3 is 2.57 bits per heavy atom. The van der Waals surface area contributed by atoms with Crippen LogP contribution in [0.4, 0.5) is 0 Å². The fourth-order valence-corrected chi connectivity index (χ4v) is 5.00. The van der Waals surface area contributed by atoms with Gasteiger partial charge in [-0.15, -0.1) is 0 Å². The van der Waals surface area contributed by atoms with Crippen molar-refractivity contribution in [1.29, 1.82) is 0 Å². The van der Waals surface area contributed by atoms with Gasteiger partial charge >= 0.3 is 0 Å². The Hall–Kier alpha value is -1.99. The minimum absolute atomic E-state index is 0.0706. The fraction of sp³-hybridized carbons (Fsp3) is 0.667. The van der Waals surface area contributed by atoms with Gasteiger partial charge in [0.2, 0.25) is 5.91 Å². The maximum atomic E-state index is 12.8. The van der Waals surface area contributed by atoms with Gasteiger partial charge in [-0.25, -0.2) is 0 Å². The summed E-state index contributed by atoms with van der Waals surface area (Å²) in [6, 6.07) is 3.52. The summed E-state index contributed by atoms with van der Waals surface area (Å²) < 4.78 is 0. The van der Waals surface area contributed by atoms with Crippen LogP contribution in [0.3, 0.4) is 0 Å². The third-order valence-electron chi connectivity index (χ3n) is 6.56.